The van der Waals surface area contributed by atoms with Crippen molar-refractivity contribution in [1.82, 2.24) is 4.48 Å². The van der Waals surface area contributed by atoms with E-state index in [1.165, 1.54) is 0 Å². The van der Waals surface area contributed by atoms with Crippen molar-refractivity contribution in [3.8, 4) is 0 Å². The van der Waals surface area contributed by atoms with Crippen LogP contribution in [0.25, 0.3) is 5.57 Å². The van der Waals surface area contributed by atoms with E-state index in [4.69, 9.17) is 0 Å². The third kappa shape index (κ3) is 3.67. The molecule has 0 N–H and O–H groups in total. The van der Waals surface area contributed by atoms with Crippen LogP contribution in [-0.4, -0.2) is 23.9 Å². The second-order valence-corrected chi connectivity index (χ2v) is 6.60. The fourth-order valence-electron chi connectivity index (χ4n) is 3.55. The van der Waals surface area contributed by atoms with Gasteiger partial charge in [-0.3, -0.25) is 18.4 Å². The van der Waals surface area contributed by atoms with Gasteiger partial charge in [0.25, 0.3) is 0 Å². The Balaban J connectivity index is 2.74. The number of hydrogen-bond donors (Lipinski definition) is 0. The Bertz CT molecular complexity index is 773. The van der Waals surface area contributed by atoms with Crippen LogP contribution in [0.15, 0.2) is 22.3 Å². The lowest BCUT2D eigenvalue weighted by atomic mass is 9.95. The molecular formula is C19H25BF2N2O. The molecule has 25 heavy (non-hydrogen) atoms. The van der Waals surface area contributed by atoms with Gasteiger partial charge in [0.1, 0.15) is 0 Å². The Labute approximate surface area is 148 Å². The Morgan fingerprint density at radius 3 is 2.40 bits per heavy atom. The lowest BCUT2D eigenvalue weighted by molar-refractivity contribution is 0.112. The summed E-state index contributed by atoms with van der Waals surface area (Å²) in [7, 11) is -2.69. The SMILES string of the molecule is CCCCC/C(=C1/N=C(C)C=C1C)c1c(C)c(C=O)c(C)n1B(F)F. The first kappa shape index (κ1) is 19.4. The maximum atomic E-state index is 13.8. The number of aldehydes is 1. The number of halogens is 2. The van der Waals surface area contributed by atoms with E-state index in [9.17, 15) is 13.4 Å². The number of aliphatic imine (C=N–C) groups is 1. The summed E-state index contributed by atoms with van der Waals surface area (Å²) in [6, 6.07) is 0. The zero-order chi connectivity index (χ0) is 18.7. The molecule has 0 radical (unpaired) electrons. The zero-order valence-electron chi connectivity index (χ0n) is 15.6. The average molecular weight is 346 g/mol. The van der Waals surface area contributed by atoms with Crippen molar-refractivity contribution < 1.29 is 13.4 Å². The van der Waals surface area contributed by atoms with Gasteiger partial charge in [0, 0.05) is 28.2 Å². The molecule has 0 spiro atoms. The van der Waals surface area contributed by atoms with Gasteiger partial charge in [-0.1, -0.05) is 19.8 Å². The molecule has 1 aliphatic rings. The maximum absolute atomic E-state index is 13.8. The summed E-state index contributed by atoms with van der Waals surface area (Å²) < 4.78 is 28.6. The summed E-state index contributed by atoms with van der Waals surface area (Å²) in [6.45, 7) is 9.29. The maximum Gasteiger partial charge on any atom is 0.677 e. The van der Waals surface area contributed by atoms with E-state index in [1.807, 2.05) is 19.9 Å². The lowest BCUT2D eigenvalue weighted by Gasteiger charge is -2.16. The monoisotopic (exact) mass is 346 g/mol. The second-order valence-electron chi connectivity index (χ2n) is 6.60. The van der Waals surface area contributed by atoms with Crippen molar-refractivity contribution in [3.63, 3.8) is 0 Å². The highest BCUT2D eigenvalue weighted by Crippen LogP contribution is 2.37. The molecular weight excluding hydrogens is 321 g/mol. The standard InChI is InChI=1S/C19H25BF2N2O/c1-6-7-8-9-16(18-12(2)10-13(3)23-18)19-14(4)17(11-25)15(5)24(19)20(21)22/h10-11H,6-9H2,1-5H3/b18-16-. The molecule has 0 bridgehead atoms. The molecule has 1 aromatic rings. The van der Waals surface area contributed by atoms with Gasteiger partial charge in [-0.15, -0.1) is 0 Å². The first-order chi connectivity index (χ1) is 11.8. The largest absolute Gasteiger partial charge is 0.677 e. The van der Waals surface area contributed by atoms with Crippen LogP contribution in [0.2, 0.25) is 0 Å². The van der Waals surface area contributed by atoms with Gasteiger partial charge in [0.15, 0.2) is 6.29 Å². The van der Waals surface area contributed by atoms with Crippen LogP contribution in [0.4, 0.5) is 8.63 Å². The highest BCUT2D eigenvalue weighted by molar-refractivity contribution is 6.41. The molecule has 0 saturated heterocycles. The fraction of sp³-hybridized carbons (Fsp3) is 0.474. The predicted molar refractivity (Wildman–Crippen MR) is 101 cm³/mol. The second kappa shape index (κ2) is 7.94. The number of nitrogens with zero attached hydrogens (tertiary/aromatic N) is 2. The summed E-state index contributed by atoms with van der Waals surface area (Å²) >= 11 is 0. The van der Waals surface area contributed by atoms with Gasteiger partial charge in [0.2, 0.25) is 0 Å². The van der Waals surface area contributed by atoms with E-state index in [0.29, 0.717) is 35.2 Å². The van der Waals surface area contributed by atoms with Crippen LogP contribution >= 0.6 is 0 Å². The molecule has 0 unspecified atom stereocenters. The Kier molecular flexibility index (Phi) is 6.14. The Morgan fingerprint density at radius 2 is 1.92 bits per heavy atom. The Hall–Kier alpha value is -1.98. The average Bonchev–Trinajstić information content (AvgIpc) is 3.00. The topological polar surface area (TPSA) is 34.4 Å². The first-order valence-electron chi connectivity index (χ1n) is 8.75. The van der Waals surface area contributed by atoms with E-state index in [0.717, 1.165) is 46.3 Å². The van der Waals surface area contributed by atoms with Crippen molar-refractivity contribution in [2.45, 2.75) is 60.3 Å². The van der Waals surface area contributed by atoms with Crippen molar-refractivity contribution >= 4 is 25.0 Å². The van der Waals surface area contributed by atoms with Crippen molar-refractivity contribution in [2.24, 2.45) is 4.99 Å². The molecule has 6 heteroatoms. The van der Waals surface area contributed by atoms with Gasteiger partial charge in [-0.2, -0.15) is 0 Å². The van der Waals surface area contributed by atoms with Gasteiger partial charge < -0.3 is 4.48 Å². The predicted octanol–water partition coefficient (Wildman–Crippen LogP) is 5.40. The van der Waals surface area contributed by atoms with Gasteiger partial charge in [-0.25, -0.2) is 0 Å². The van der Waals surface area contributed by atoms with Crippen LogP contribution in [0.3, 0.4) is 0 Å². The van der Waals surface area contributed by atoms with E-state index in [1.54, 1.807) is 13.8 Å². The molecule has 0 saturated carbocycles. The highest BCUT2D eigenvalue weighted by Gasteiger charge is 2.30. The van der Waals surface area contributed by atoms with E-state index < -0.39 is 7.40 Å². The summed E-state index contributed by atoms with van der Waals surface area (Å²) in [5, 5.41) is 0. The van der Waals surface area contributed by atoms with Gasteiger partial charge >= 0.3 is 7.40 Å². The molecule has 2 heterocycles. The molecule has 2 rings (SSSR count). The van der Waals surface area contributed by atoms with Crippen LogP contribution in [0.1, 0.15) is 73.8 Å². The quantitative estimate of drug-likeness (QED) is 0.370. The van der Waals surface area contributed by atoms with Crippen LogP contribution in [0.5, 0.6) is 0 Å². The number of hydrogen-bond acceptors (Lipinski definition) is 2. The number of unbranched alkanes of at least 4 members (excludes halogenated alkanes) is 2. The fourth-order valence-corrected chi connectivity index (χ4v) is 3.55. The molecule has 1 aliphatic heterocycles. The molecule has 0 amide bonds. The smallest absolute Gasteiger partial charge is 0.328 e. The van der Waals surface area contributed by atoms with E-state index in [-0.39, 0.29) is 0 Å². The number of carbonyl (C=O) groups excluding carboxylic acids is 1. The molecule has 0 aromatic carbocycles. The molecule has 3 nitrogen and oxygen atoms in total. The number of rotatable bonds is 7. The molecule has 1 aromatic heterocycles. The minimum Gasteiger partial charge on any atom is -0.328 e. The first-order valence-corrected chi connectivity index (χ1v) is 8.75. The van der Waals surface area contributed by atoms with E-state index >= 15 is 0 Å². The summed E-state index contributed by atoms with van der Waals surface area (Å²) in [6.07, 6.45) is 6.28. The van der Waals surface area contributed by atoms with Crippen LogP contribution in [-0.2, 0) is 0 Å². The summed E-state index contributed by atoms with van der Waals surface area (Å²) in [5.41, 5.74) is 5.17. The van der Waals surface area contributed by atoms with Gasteiger partial charge in [0.05, 0.1) is 5.70 Å². The Morgan fingerprint density at radius 1 is 1.24 bits per heavy atom. The van der Waals surface area contributed by atoms with Crippen LogP contribution < -0.4 is 0 Å². The number of allylic oxidation sites excluding steroid dienone is 3. The van der Waals surface area contributed by atoms with Gasteiger partial charge in [-0.05, 0) is 57.7 Å². The minimum absolute atomic E-state index is 0.312. The molecule has 0 aliphatic carbocycles. The summed E-state index contributed by atoms with van der Waals surface area (Å²) in [4.78, 5) is 16.0. The molecule has 0 fully saturated rings. The third-order valence-corrected chi connectivity index (χ3v) is 4.75. The van der Waals surface area contributed by atoms with E-state index in [2.05, 4.69) is 11.9 Å². The highest BCUT2D eigenvalue weighted by atomic mass is 19.2. The number of carbonyl (C=O) groups is 1. The zero-order valence-corrected chi connectivity index (χ0v) is 15.6. The van der Waals surface area contributed by atoms with Crippen molar-refractivity contribution in [3.05, 3.63) is 39.9 Å². The minimum atomic E-state index is -2.69. The van der Waals surface area contributed by atoms with Crippen molar-refractivity contribution in [1.29, 1.82) is 0 Å². The summed E-state index contributed by atoms with van der Waals surface area (Å²) in [5.74, 6) is 0. The third-order valence-electron chi connectivity index (χ3n) is 4.75. The lowest BCUT2D eigenvalue weighted by Crippen LogP contribution is -2.18. The molecule has 134 valence electrons. The van der Waals surface area contributed by atoms with Crippen molar-refractivity contribution in [2.75, 3.05) is 0 Å². The normalized spacial score (nSPS) is 16.0. The van der Waals surface area contributed by atoms with Crippen LogP contribution in [0, 0.1) is 13.8 Å². The molecule has 0 atom stereocenters. The number of aromatic nitrogens is 1.